The molecule has 15 heavy (non-hydrogen) atoms. The van der Waals surface area contributed by atoms with Gasteiger partial charge in [0.05, 0.1) is 17.0 Å². The molecule has 0 aromatic heterocycles. The number of nitrogens with zero attached hydrogens (tertiary/aromatic N) is 1. The molecule has 2 atom stereocenters. The fourth-order valence-electron chi connectivity index (χ4n) is 1.70. The van der Waals surface area contributed by atoms with Gasteiger partial charge in [-0.25, -0.2) is 0 Å². The zero-order valence-electron chi connectivity index (χ0n) is 8.73. The maximum Gasteiger partial charge on any atom is 0.0991 e. The fraction of sp³-hybridized carbons (Fsp3) is 0.417. The van der Waals surface area contributed by atoms with Gasteiger partial charge in [0.15, 0.2) is 0 Å². The van der Waals surface area contributed by atoms with E-state index < -0.39 is 0 Å². The van der Waals surface area contributed by atoms with Crippen molar-refractivity contribution in [3.63, 3.8) is 0 Å². The molecule has 1 aliphatic heterocycles. The van der Waals surface area contributed by atoms with E-state index >= 15 is 0 Å². The first-order valence-corrected chi connectivity index (χ1v) is 6.13. The first-order valence-electron chi connectivity index (χ1n) is 5.18. The zero-order chi connectivity index (χ0) is 10.7. The predicted molar refractivity (Wildman–Crippen MR) is 63.6 cm³/mol. The van der Waals surface area contributed by atoms with Gasteiger partial charge in [-0.2, -0.15) is 5.26 Å². The van der Waals surface area contributed by atoms with Crippen molar-refractivity contribution in [3.8, 4) is 6.07 Å². The van der Waals surface area contributed by atoms with Gasteiger partial charge in [0, 0.05) is 5.25 Å². The smallest absolute Gasteiger partial charge is 0.0991 e. The number of hydrogen-bond donors (Lipinski definition) is 1. The van der Waals surface area contributed by atoms with Crippen LogP contribution in [0.2, 0.25) is 0 Å². The van der Waals surface area contributed by atoms with Gasteiger partial charge in [0.1, 0.15) is 0 Å². The van der Waals surface area contributed by atoms with Crippen LogP contribution >= 0.6 is 11.8 Å². The highest BCUT2D eigenvalue weighted by molar-refractivity contribution is 8.00. The van der Waals surface area contributed by atoms with E-state index in [9.17, 15) is 0 Å². The molecule has 1 N–H and O–H groups in total. The summed E-state index contributed by atoms with van der Waals surface area (Å²) in [5, 5.41) is 13.3. The molecular formula is C12H14N2S. The van der Waals surface area contributed by atoms with Gasteiger partial charge < -0.3 is 5.32 Å². The first-order chi connectivity index (χ1) is 7.29. The summed E-state index contributed by atoms with van der Waals surface area (Å²) < 4.78 is 0. The SMILES string of the molecule is CC1CCNC(c2ccc(C#N)cc2)S1. The second-order valence-corrected chi connectivity index (χ2v) is 5.35. The molecule has 2 rings (SSSR count). The quantitative estimate of drug-likeness (QED) is 0.787. The molecule has 1 aromatic rings. The normalized spacial score (nSPS) is 25.9. The van der Waals surface area contributed by atoms with E-state index in [0.29, 0.717) is 10.6 Å². The minimum Gasteiger partial charge on any atom is -0.302 e. The molecule has 78 valence electrons. The number of benzene rings is 1. The van der Waals surface area contributed by atoms with E-state index in [-0.39, 0.29) is 0 Å². The van der Waals surface area contributed by atoms with Crippen LogP contribution in [0.3, 0.4) is 0 Å². The number of rotatable bonds is 1. The number of thioether (sulfide) groups is 1. The highest BCUT2D eigenvalue weighted by Crippen LogP contribution is 2.34. The van der Waals surface area contributed by atoms with Gasteiger partial charge in [0.2, 0.25) is 0 Å². The van der Waals surface area contributed by atoms with Crippen molar-refractivity contribution in [2.45, 2.75) is 24.0 Å². The van der Waals surface area contributed by atoms with Gasteiger partial charge in [-0.3, -0.25) is 0 Å². The Hall–Kier alpha value is -0.980. The van der Waals surface area contributed by atoms with Crippen LogP contribution in [0.15, 0.2) is 24.3 Å². The Bertz CT molecular complexity index is 366. The monoisotopic (exact) mass is 218 g/mol. The molecule has 1 fully saturated rings. The largest absolute Gasteiger partial charge is 0.302 e. The maximum absolute atomic E-state index is 8.71. The standard InChI is InChI=1S/C12H14N2S/c1-9-6-7-14-12(15-9)11-4-2-10(8-13)3-5-11/h2-5,9,12,14H,6-7H2,1H3. The Morgan fingerprint density at radius 1 is 1.40 bits per heavy atom. The Labute approximate surface area is 94.7 Å². The van der Waals surface area contributed by atoms with Gasteiger partial charge in [0.25, 0.3) is 0 Å². The Kier molecular flexibility index (Phi) is 3.30. The van der Waals surface area contributed by atoms with Gasteiger partial charge >= 0.3 is 0 Å². The summed E-state index contributed by atoms with van der Waals surface area (Å²) >= 11 is 1.96. The molecule has 0 spiro atoms. The topological polar surface area (TPSA) is 35.8 Å². The minimum atomic E-state index is 0.390. The third-order valence-corrected chi connectivity index (χ3v) is 4.00. The molecule has 1 saturated heterocycles. The first kappa shape index (κ1) is 10.5. The molecule has 0 aliphatic carbocycles. The summed E-state index contributed by atoms with van der Waals surface area (Å²) in [5.74, 6) is 0. The lowest BCUT2D eigenvalue weighted by atomic mass is 10.1. The van der Waals surface area contributed by atoms with Crippen LogP contribution in [0.4, 0.5) is 0 Å². The Balaban J connectivity index is 2.12. The summed E-state index contributed by atoms with van der Waals surface area (Å²) in [5.41, 5.74) is 2.00. The van der Waals surface area contributed by atoms with Crippen molar-refractivity contribution in [1.82, 2.24) is 5.32 Å². The van der Waals surface area contributed by atoms with Gasteiger partial charge in [-0.1, -0.05) is 19.1 Å². The summed E-state index contributed by atoms with van der Waals surface area (Å²) in [7, 11) is 0. The van der Waals surface area contributed by atoms with Crippen LogP contribution in [0, 0.1) is 11.3 Å². The highest BCUT2D eigenvalue weighted by atomic mass is 32.2. The zero-order valence-corrected chi connectivity index (χ0v) is 9.55. The molecule has 3 heteroatoms. The number of nitrogens with one attached hydrogen (secondary N) is 1. The van der Waals surface area contributed by atoms with Crippen LogP contribution in [0.1, 0.15) is 29.8 Å². The van der Waals surface area contributed by atoms with Crippen LogP contribution in [-0.2, 0) is 0 Å². The van der Waals surface area contributed by atoms with E-state index in [1.807, 2.05) is 36.0 Å². The molecule has 0 bridgehead atoms. The van der Waals surface area contributed by atoms with Crippen molar-refractivity contribution in [2.75, 3.05) is 6.54 Å². The molecule has 0 saturated carbocycles. The molecule has 0 amide bonds. The molecule has 1 aromatic carbocycles. The van der Waals surface area contributed by atoms with Crippen LogP contribution < -0.4 is 5.32 Å². The fourth-order valence-corrected chi connectivity index (χ4v) is 2.94. The van der Waals surface area contributed by atoms with Crippen molar-refractivity contribution in [2.24, 2.45) is 0 Å². The summed E-state index contributed by atoms with van der Waals surface area (Å²) in [6.45, 7) is 3.35. The lowest BCUT2D eigenvalue weighted by Crippen LogP contribution is -2.28. The molecule has 0 radical (unpaired) electrons. The van der Waals surface area contributed by atoms with E-state index in [1.165, 1.54) is 12.0 Å². The third-order valence-electron chi connectivity index (χ3n) is 2.59. The molecule has 2 nitrogen and oxygen atoms in total. The Morgan fingerprint density at radius 3 is 2.73 bits per heavy atom. The maximum atomic E-state index is 8.71. The third kappa shape index (κ3) is 2.53. The number of hydrogen-bond acceptors (Lipinski definition) is 3. The Morgan fingerprint density at radius 2 is 2.13 bits per heavy atom. The second kappa shape index (κ2) is 4.69. The molecule has 2 unspecified atom stereocenters. The minimum absolute atomic E-state index is 0.390. The summed E-state index contributed by atoms with van der Waals surface area (Å²) in [6, 6.07) is 10.00. The average Bonchev–Trinajstić information content (AvgIpc) is 2.29. The number of nitriles is 1. The van der Waals surface area contributed by atoms with E-state index in [0.717, 1.165) is 12.1 Å². The van der Waals surface area contributed by atoms with Gasteiger partial charge in [-0.05, 0) is 30.7 Å². The van der Waals surface area contributed by atoms with Crippen LogP contribution in [0.5, 0.6) is 0 Å². The average molecular weight is 218 g/mol. The molecular weight excluding hydrogens is 204 g/mol. The summed E-state index contributed by atoms with van der Waals surface area (Å²) in [6.07, 6.45) is 1.23. The molecule has 1 aliphatic rings. The van der Waals surface area contributed by atoms with Crippen molar-refractivity contribution >= 4 is 11.8 Å². The second-order valence-electron chi connectivity index (χ2n) is 3.80. The van der Waals surface area contributed by atoms with E-state index in [4.69, 9.17) is 5.26 Å². The molecule has 1 heterocycles. The van der Waals surface area contributed by atoms with Crippen molar-refractivity contribution < 1.29 is 0 Å². The van der Waals surface area contributed by atoms with E-state index in [2.05, 4.69) is 18.3 Å². The summed E-state index contributed by atoms with van der Waals surface area (Å²) in [4.78, 5) is 0. The lowest BCUT2D eigenvalue weighted by Gasteiger charge is -2.28. The predicted octanol–water partition coefficient (Wildman–Crippen LogP) is 2.67. The van der Waals surface area contributed by atoms with Crippen LogP contribution in [0.25, 0.3) is 0 Å². The lowest BCUT2D eigenvalue weighted by molar-refractivity contribution is 0.605. The highest BCUT2D eigenvalue weighted by Gasteiger charge is 2.19. The van der Waals surface area contributed by atoms with Crippen molar-refractivity contribution in [3.05, 3.63) is 35.4 Å². The van der Waals surface area contributed by atoms with Crippen molar-refractivity contribution in [1.29, 1.82) is 5.26 Å². The van der Waals surface area contributed by atoms with Crippen LogP contribution in [-0.4, -0.2) is 11.8 Å². The van der Waals surface area contributed by atoms with Gasteiger partial charge in [-0.15, -0.1) is 11.8 Å². The van der Waals surface area contributed by atoms with E-state index in [1.54, 1.807) is 0 Å².